The molecular weight excluding hydrogens is 438 g/mol. The molecule has 2 aromatic rings. The summed E-state index contributed by atoms with van der Waals surface area (Å²) < 4.78 is 17.5. The van der Waals surface area contributed by atoms with Crippen LogP contribution in [0.1, 0.15) is 36.4 Å². The maximum Gasteiger partial charge on any atom is 0.320 e. The van der Waals surface area contributed by atoms with Crippen molar-refractivity contribution in [3.05, 3.63) is 52.0 Å². The molecule has 0 saturated carbocycles. The molecule has 0 aromatic heterocycles. The van der Waals surface area contributed by atoms with Gasteiger partial charge in [0.15, 0.2) is 11.5 Å². The van der Waals surface area contributed by atoms with Crippen LogP contribution in [0.25, 0.3) is 0 Å². The van der Waals surface area contributed by atoms with E-state index in [1.54, 1.807) is 21.3 Å². The molecular formula is C22H26BrNO5. The maximum absolute atomic E-state index is 12.0. The Balaban J connectivity index is 2.17. The summed E-state index contributed by atoms with van der Waals surface area (Å²) in [4.78, 5) is 14.1. The van der Waals surface area contributed by atoms with Crippen LogP contribution in [-0.2, 0) is 4.79 Å². The van der Waals surface area contributed by atoms with Gasteiger partial charge in [0.05, 0.1) is 27.4 Å². The van der Waals surface area contributed by atoms with Gasteiger partial charge in [0.25, 0.3) is 0 Å². The molecule has 0 bridgehead atoms. The Bertz CT molecular complexity index is 830. The molecule has 0 amide bonds. The summed E-state index contributed by atoms with van der Waals surface area (Å²) in [7, 11) is 4.73. The predicted octanol–water partition coefficient (Wildman–Crippen LogP) is 4.50. The Hall–Kier alpha value is -2.25. The SMILES string of the molecule is COc1cc(C(c2ccc(Br)cc2)N2CCCCC2C(=O)O)cc(OC)c1OC. The van der Waals surface area contributed by atoms with Gasteiger partial charge in [-0.3, -0.25) is 9.69 Å². The molecule has 7 heteroatoms. The van der Waals surface area contributed by atoms with Crippen molar-refractivity contribution < 1.29 is 24.1 Å². The Labute approximate surface area is 179 Å². The van der Waals surface area contributed by atoms with E-state index in [9.17, 15) is 9.90 Å². The van der Waals surface area contributed by atoms with Gasteiger partial charge in [-0.1, -0.05) is 34.5 Å². The predicted molar refractivity (Wildman–Crippen MR) is 114 cm³/mol. The van der Waals surface area contributed by atoms with Crippen LogP contribution < -0.4 is 14.2 Å². The molecule has 2 aromatic carbocycles. The van der Waals surface area contributed by atoms with Gasteiger partial charge >= 0.3 is 5.97 Å². The van der Waals surface area contributed by atoms with Crippen molar-refractivity contribution in [2.45, 2.75) is 31.3 Å². The van der Waals surface area contributed by atoms with Crippen LogP contribution in [0.3, 0.4) is 0 Å². The summed E-state index contributed by atoms with van der Waals surface area (Å²) in [5.74, 6) is 0.821. The Kier molecular flexibility index (Phi) is 7.03. The van der Waals surface area contributed by atoms with Crippen LogP contribution in [0.15, 0.2) is 40.9 Å². The van der Waals surface area contributed by atoms with Crippen LogP contribution >= 0.6 is 15.9 Å². The lowest BCUT2D eigenvalue weighted by atomic mass is 9.91. The van der Waals surface area contributed by atoms with Crippen LogP contribution in [0.4, 0.5) is 0 Å². The lowest BCUT2D eigenvalue weighted by Crippen LogP contribution is -2.46. The van der Waals surface area contributed by atoms with Gasteiger partial charge in [-0.2, -0.15) is 0 Å². The highest BCUT2D eigenvalue weighted by atomic mass is 79.9. The number of nitrogens with zero attached hydrogens (tertiary/aromatic N) is 1. The van der Waals surface area contributed by atoms with Crippen molar-refractivity contribution >= 4 is 21.9 Å². The van der Waals surface area contributed by atoms with Gasteiger partial charge in [0.1, 0.15) is 6.04 Å². The third-order valence-electron chi connectivity index (χ3n) is 5.35. The molecule has 156 valence electrons. The van der Waals surface area contributed by atoms with E-state index in [2.05, 4.69) is 20.8 Å². The molecule has 1 aliphatic rings. The third kappa shape index (κ3) is 4.51. The number of hydrogen-bond acceptors (Lipinski definition) is 5. The summed E-state index contributed by atoms with van der Waals surface area (Å²) in [6.07, 6.45) is 2.50. The highest BCUT2D eigenvalue weighted by molar-refractivity contribution is 9.10. The number of rotatable bonds is 7. The summed E-state index contributed by atoms with van der Waals surface area (Å²) >= 11 is 3.48. The highest BCUT2D eigenvalue weighted by Crippen LogP contribution is 2.43. The number of carboxylic acid groups (broad SMARTS) is 1. The first kappa shape index (κ1) is 21.5. The number of halogens is 1. The van der Waals surface area contributed by atoms with Gasteiger partial charge in [0, 0.05) is 4.47 Å². The molecule has 2 atom stereocenters. The number of benzene rings is 2. The number of piperidine rings is 1. The van der Waals surface area contributed by atoms with Crippen molar-refractivity contribution in [2.24, 2.45) is 0 Å². The zero-order valence-corrected chi connectivity index (χ0v) is 18.4. The average molecular weight is 464 g/mol. The first-order valence-corrected chi connectivity index (χ1v) is 10.3. The molecule has 3 rings (SSSR count). The average Bonchev–Trinajstić information content (AvgIpc) is 2.74. The van der Waals surface area contributed by atoms with Gasteiger partial charge < -0.3 is 19.3 Å². The van der Waals surface area contributed by atoms with E-state index in [-0.39, 0.29) is 6.04 Å². The fourth-order valence-electron chi connectivity index (χ4n) is 4.01. The number of carboxylic acids is 1. The van der Waals surface area contributed by atoms with E-state index in [1.165, 1.54) is 0 Å². The number of ether oxygens (including phenoxy) is 3. The Morgan fingerprint density at radius 2 is 1.66 bits per heavy atom. The summed E-state index contributed by atoms with van der Waals surface area (Å²) in [6.45, 7) is 0.703. The number of hydrogen-bond donors (Lipinski definition) is 1. The zero-order valence-electron chi connectivity index (χ0n) is 16.9. The normalized spacial score (nSPS) is 18.1. The van der Waals surface area contributed by atoms with Crippen LogP contribution in [0.2, 0.25) is 0 Å². The monoisotopic (exact) mass is 463 g/mol. The molecule has 0 aliphatic carbocycles. The first-order chi connectivity index (χ1) is 14.0. The quantitative estimate of drug-likeness (QED) is 0.651. The van der Waals surface area contributed by atoms with Crippen LogP contribution in [0.5, 0.6) is 17.2 Å². The zero-order chi connectivity index (χ0) is 21.0. The van der Waals surface area contributed by atoms with Crippen molar-refractivity contribution in [3.63, 3.8) is 0 Å². The highest BCUT2D eigenvalue weighted by Gasteiger charge is 2.36. The van der Waals surface area contributed by atoms with Gasteiger partial charge in [-0.15, -0.1) is 0 Å². The molecule has 6 nitrogen and oxygen atoms in total. The van der Waals surface area contributed by atoms with Crippen LogP contribution in [0, 0.1) is 0 Å². The minimum Gasteiger partial charge on any atom is -0.493 e. The fraction of sp³-hybridized carbons (Fsp3) is 0.409. The Morgan fingerprint density at radius 3 is 2.17 bits per heavy atom. The largest absolute Gasteiger partial charge is 0.493 e. The van der Waals surface area contributed by atoms with E-state index in [1.807, 2.05) is 36.4 Å². The maximum atomic E-state index is 12.0. The minimum absolute atomic E-state index is 0.252. The topological polar surface area (TPSA) is 68.2 Å². The number of likely N-dealkylation sites (tertiary alicyclic amines) is 1. The van der Waals surface area contributed by atoms with Gasteiger partial charge in [-0.25, -0.2) is 0 Å². The molecule has 1 aliphatic heterocycles. The van der Waals surface area contributed by atoms with E-state index in [0.29, 0.717) is 30.2 Å². The summed E-state index contributed by atoms with van der Waals surface area (Å²) in [6, 6.07) is 11.0. The first-order valence-electron chi connectivity index (χ1n) is 9.54. The van der Waals surface area contributed by atoms with Crippen LogP contribution in [-0.4, -0.2) is 49.9 Å². The second-order valence-electron chi connectivity index (χ2n) is 7.00. The van der Waals surface area contributed by atoms with Crippen molar-refractivity contribution in [1.82, 2.24) is 4.90 Å². The summed E-state index contributed by atoms with van der Waals surface area (Å²) in [5, 5.41) is 9.86. The smallest absolute Gasteiger partial charge is 0.320 e. The molecule has 1 N–H and O–H groups in total. The third-order valence-corrected chi connectivity index (χ3v) is 5.88. The number of methoxy groups -OCH3 is 3. The fourth-order valence-corrected chi connectivity index (χ4v) is 4.27. The standard InChI is InChI=1S/C22H26BrNO5/c1-27-18-12-15(13-19(28-2)21(18)29-3)20(14-7-9-16(23)10-8-14)24-11-5-4-6-17(24)22(25)26/h7-10,12-13,17,20H,4-6,11H2,1-3H3,(H,25,26). The molecule has 2 unspecified atom stereocenters. The number of aliphatic carboxylic acids is 1. The second-order valence-corrected chi connectivity index (χ2v) is 7.92. The minimum atomic E-state index is -0.792. The van der Waals surface area contributed by atoms with E-state index >= 15 is 0 Å². The van der Waals surface area contributed by atoms with Gasteiger partial charge in [0.2, 0.25) is 5.75 Å². The van der Waals surface area contributed by atoms with Crippen molar-refractivity contribution in [3.8, 4) is 17.2 Å². The van der Waals surface area contributed by atoms with E-state index in [4.69, 9.17) is 14.2 Å². The Morgan fingerprint density at radius 1 is 1.03 bits per heavy atom. The number of carbonyl (C=O) groups is 1. The second kappa shape index (κ2) is 9.50. The van der Waals surface area contributed by atoms with Gasteiger partial charge in [-0.05, 0) is 54.8 Å². The van der Waals surface area contributed by atoms with E-state index < -0.39 is 12.0 Å². The molecule has 0 spiro atoms. The van der Waals surface area contributed by atoms with E-state index in [0.717, 1.165) is 28.4 Å². The molecule has 1 heterocycles. The molecule has 1 fully saturated rings. The van der Waals surface area contributed by atoms with Crippen molar-refractivity contribution in [2.75, 3.05) is 27.9 Å². The summed E-state index contributed by atoms with van der Waals surface area (Å²) in [5.41, 5.74) is 1.91. The molecule has 1 saturated heterocycles. The lowest BCUT2D eigenvalue weighted by molar-refractivity contribution is -0.145. The molecule has 29 heavy (non-hydrogen) atoms. The molecule has 0 radical (unpaired) electrons. The lowest BCUT2D eigenvalue weighted by Gasteiger charge is -2.40. The van der Waals surface area contributed by atoms with Crippen molar-refractivity contribution in [1.29, 1.82) is 0 Å².